The van der Waals surface area contributed by atoms with Crippen LogP contribution in [0.3, 0.4) is 0 Å². The van der Waals surface area contributed by atoms with E-state index in [9.17, 15) is 9.59 Å². The van der Waals surface area contributed by atoms with Crippen molar-refractivity contribution < 1.29 is 9.59 Å². The average Bonchev–Trinajstić information content (AvgIpc) is 2.79. The number of hydrogen-bond donors (Lipinski definition) is 1. The van der Waals surface area contributed by atoms with Crippen LogP contribution in [0.4, 0.5) is 5.69 Å². The molecule has 2 rings (SSSR count). The highest BCUT2D eigenvalue weighted by molar-refractivity contribution is 8.00. The number of hydrogen-bond acceptors (Lipinski definition) is 4. The van der Waals surface area contributed by atoms with Crippen molar-refractivity contribution in [2.75, 3.05) is 37.2 Å². The maximum atomic E-state index is 12.5. The molecule has 0 aliphatic carbocycles. The monoisotopic (exact) mass is 349 g/mol. The Morgan fingerprint density at radius 1 is 1.17 bits per heavy atom. The van der Waals surface area contributed by atoms with Crippen LogP contribution in [0.25, 0.3) is 0 Å². The maximum Gasteiger partial charge on any atom is 0.232 e. The standard InChI is InChI=1S/C18H27N3O2S/c1-14(2)20-9-6-10-21(12-11-20)18(23)13-24-17-8-5-4-7-16(17)19-15(3)22/h4-5,7-8,14H,6,9-13H2,1-3H3,(H,19,22). The van der Waals surface area contributed by atoms with Crippen molar-refractivity contribution in [1.82, 2.24) is 9.80 Å². The number of para-hydroxylation sites is 1. The molecule has 0 radical (unpaired) electrons. The van der Waals surface area contributed by atoms with E-state index < -0.39 is 0 Å². The Hall–Kier alpha value is -1.53. The van der Waals surface area contributed by atoms with Crippen LogP contribution in [0, 0.1) is 0 Å². The van der Waals surface area contributed by atoms with Crippen molar-refractivity contribution in [2.45, 2.75) is 38.1 Å². The summed E-state index contributed by atoms with van der Waals surface area (Å²) in [5.41, 5.74) is 0.768. The van der Waals surface area contributed by atoms with E-state index in [4.69, 9.17) is 0 Å². The van der Waals surface area contributed by atoms with Gasteiger partial charge in [-0.2, -0.15) is 0 Å². The average molecular weight is 350 g/mol. The van der Waals surface area contributed by atoms with Gasteiger partial charge in [0.2, 0.25) is 11.8 Å². The largest absolute Gasteiger partial charge is 0.341 e. The molecule has 1 heterocycles. The van der Waals surface area contributed by atoms with E-state index in [0.29, 0.717) is 11.8 Å². The van der Waals surface area contributed by atoms with Crippen molar-refractivity contribution in [1.29, 1.82) is 0 Å². The van der Waals surface area contributed by atoms with Crippen LogP contribution >= 0.6 is 11.8 Å². The Balaban J connectivity index is 1.90. The minimum Gasteiger partial charge on any atom is -0.341 e. The van der Waals surface area contributed by atoms with Gasteiger partial charge in [0.25, 0.3) is 0 Å². The Labute approximate surface area is 148 Å². The summed E-state index contributed by atoms with van der Waals surface area (Å²) in [6.45, 7) is 9.51. The zero-order valence-corrected chi connectivity index (χ0v) is 15.6. The van der Waals surface area contributed by atoms with E-state index >= 15 is 0 Å². The maximum absolute atomic E-state index is 12.5. The highest BCUT2D eigenvalue weighted by Crippen LogP contribution is 2.27. The topological polar surface area (TPSA) is 52.7 Å². The first-order valence-electron chi connectivity index (χ1n) is 8.48. The van der Waals surface area contributed by atoms with E-state index in [1.807, 2.05) is 29.2 Å². The van der Waals surface area contributed by atoms with Gasteiger partial charge in [0, 0.05) is 44.0 Å². The molecule has 1 aromatic carbocycles. The van der Waals surface area contributed by atoms with Gasteiger partial charge in [-0.3, -0.25) is 14.5 Å². The number of carbonyl (C=O) groups excluding carboxylic acids is 2. The molecule has 1 fully saturated rings. The molecule has 0 unspecified atom stereocenters. The first-order valence-corrected chi connectivity index (χ1v) is 9.47. The van der Waals surface area contributed by atoms with E-state index in [2.05, 4.69) is 24.1 Å². The minimum absolute atomic E-state index is 0.101. The van der Waals surface area contributed by atoms with E-state index in [1.54, 1.807) is 0 Å². The molecule has 1 aliphatic rings. The summed E-state index contributed by atoms with van der Waals surface area (Å²) < 4.78 is 0. The molecule has 0 spiro atoms. The van der Waals surface area contributed by atoms with Crippen molar-refractivity contribution in [3.05, 3.63) is 24.3 Å². The quantitative estimate of drug-likeness (QED) is 0.831. The molecule has 2 amide bonds. The third-order valence-corrected chi connectivity index (χ3v) is 5.22. The van der Waals surface area contributed by atoms with Gasteiger partial charge in [-0.15, -0.1) is 11.8 Å². The predicted octanol–water partition coefficient (Wildman–Crippen LogP) is 2.68. The van der Waals surface area contributed by atoms with Crippen LogP contribution in [0.5, 0.6) is 0 Å². The summed E-state index contributed by atoms with van der Waals surface area (Å²) in [5.74, 6) is 0.469. The van der Waals surface area contributed by atoms with Gasteiger partial charge < -0.3 is 10.2 Å². The lowest BCUT2D eigenvalue weighted by Gasteiger charge is -2.25. The number of anilines is 1. The van der Waals surface area contributed by atoms with Gasteiger partial charge in [-0.05, 0) is 32.4 Å². The van der Waals surface area contributed by atoms with Gasteiger partial charge in [-0.1, -0.05) is 12.1 Å². The molecule has 1 aromatic rings. The Morgan fingerprint density at radius 2 is 1.92 bits per heavy atom. The first-order chi connectivity index (χ1) is 11.5. The lowest BCUT2D eigenvalue weighted by molar-refractivity contribution is -0.128. The van der Waals surface area contributed by atoms with Crippen molar-refractivity contribution in [3.63, 3.8) is 0 Å². The fraction of sp³-hybridized carbons (Fsp3) is 0.556. The zero-order chi connectivity index (χ0) is 17.5. The molecule has 1 N–H and O–H groups in total. The van der Waals surface area contributed by atoms with Crippen LogP contribution in [-0.2, 0) is 9.59 Å². The minimum atomic E-state index is -0.101. The SMILES string of the molecule is CC(=O)Nc1ccccc1SCC(=O)N1CCCN(C(C)C)CC1. The van der Waals surface area contributed by atoms with Crippen molar-refractivity contribution >= 4 is 29.3 Å². The molecule has 0 saturated carbocycles. The van der Waals surface area contributed by atoms with E-state index in [-0.39, 0.29) is 11.8 Å². The third-order valence-electron chi connectivity index (χ3n) is 4.16. The van der Waals surface area contributed by atoms with Crippen LogP contribution in [-0.4, -0.2) is 59.6 Å². The molecule has 132 valence electrons. The van der Waals surface area contributed by atoms with Crippen LogP contribution in [0.15, 0.2) is 29.2 Å². The van der Waals surface area contributed by atoms with Gasteiger partial charge in [-0.25, -0.2) is 0 Å². The summed E-state index contributed by atoms with van der Waals surface area (Å²) in [5, 5.41) is 2.81. The Bertz CT molecular complexity index is 577. The predicted molar refractivity (Wildman–Crippen MR) is 99.4 cm³/mol. The summed E-state index contributed by atoms with van der Waals surface area (Å²) in [4.78, 5) is 29.1. The molecule has 5 nitrogen and oxygen atoms in total. The van der Waals surface area contributed by atoms with Crippen molar-refractivity contribution in [3.8, 4) is 0 Å². The second-order valence-electron chi connectivity index (χ2n) is 6.33. The van der Waals surface area contributed by atoms with Gasteiger partial charge >= 0.3 is 0 Å². The second kappa shape index (κ2) is 9.08. The number of nitrogens with zero attached hydrogens (tertiary/aromatic N) is 2. The normalized spacial score (nSPS) is 16.1. The molecule has 0 aromatic heterocycles. The lowest BCUT2D eigenvalue weighted by atomic mass is 10.3. The molecule has 1 aliphatic heterocycles. The molecule has 6 heteroatoms. The zero-order valence-electron chi connectivity index (χ0n) is 14.7. The number of nitrogens with one attached hydrogen (secondary N) is 1. The Kier molecular flexibility index (Phi) is 7.12. The molecular formula is C18H27N3O2S. The number of amides is 2. The molecule has 0 atom stereocenters. The van der Waals surface area contributed by atoms with Crippen molar-refractivity contribution in [2.24, 2.45) is 0 Å². The van der Waals surface area contributed by atoms with E-state index in [1.165, 1.54) is 18.7 Å². The first kappa shape index (κ1) is 18.8. The van der Waals surface area contributed by atoms with E-state index in [0.717, 1.165) is 43.2 Å². The highest BCUT2D eigenvalue weighted by Gasteiger charge is 2.20. The van der Waals surface area contributed by atoms with Gasteiger partial charge in [0.1, 0.15) is 0 Å². The summed E-state index contributed by atoms with van der Waals surface area (Å²) in [7, 11) is 0. The summed E-state index contributed by atoms with van der Waals surface area (Å²) in [6, 6.07) is 8.13. The third kappa shape index (κ3) is 5.53. The number of carbonyl (C=O) groups is 2. The molecule has 0 bridgehead atoms. The van der Waals surface area contributed by atoms with Crippen LogP contribution in [0.1, 0.15) is 27.2 Å². The Morgan fingerprint density at radius 3 is 2.62 bits per heavy atom. The fourth-order valence-electron chi connectivity index (χ4n) is 2.82. The summed E-state index contributed by atoms with van der Waals surface area (Å²) >= 11 is 1.49. The fourth-order valence-corrected chi connectivity index (χ4v) is 3.73. The number of rotatable bonds is 5. The van der Waals surface area contributed by atoms with Crippen LogP contribution < -0.4 is 5.32 Å². The molecular weight excluding hydrogens is 322 g/mol. The summed E-state index contributed by atoms with van der Waals surface area (Å²) in [6.07, 6.45) is 1.02. The number of benzene rings is 1. The highest BCUT2D eigenvalue weighted by atomic mass is 32.2. The lowest BCUT2D eigenvalue weighted by Crippen LogP contribution is -2.38. The molecule has 24 heavy (non-hydrogen) atoms. The van der Waals surface area contributed by atoms with Gasteiger partial charge in [0.15, 0.2) is 0 Å². The number of thioether (sulfide) groups is 1. The smallest absolute Gasteiger partial charge is 0.232 e. The van der Waals surface area contributed by atoms with Gasteiger partial charge in [0.05, 0.1) is 11.4 Å². The van der Waals surface area contributed by atoms with Crippen LogP contribution in [0.2, 0.25) is 0 Å². The second-order valence-corrected chi connectivity index (χ2v) is 7.35. The molecule has 1 saturated heterocycles.